The van der Waals surface area contributed by atoms with Gasteiger partial charge in [-0.3, -0.25) is 4.90 Å². The highest BCUT2D eigenvalue weighted by Crippen LogP contribution is 2.49. The van der Waals surface area contributed by atoms with Crippen molar-refractivity contribution in [3.63, 3.8) is 0 Å². The Bertz CT molecular complexity index is 678. The van der Waals surface area contributed by atoms with Crippen molar-refractivity contribution in [3.8, 4) is 6.07 Å². The Morgan fingerprint density at radius 1 is 1.12 bits per heavy atom. The molecule has 4 nitrogen and oxygen atoms in total. The normalized spacial score (nSPS) is 26.8. The van der Waals surface area contributed by atoms with E-state index in [0.717, 1.165) is 50.3 Å². The van der Waals surface area contributed by atoms with Gasteiger partial charge in [-0.1, -0.05) is 0 Å². The van der Waals surface area contributed by atoms with Crippen molar-refractivity contribution < 1.29 is 9.13 Å². The predicted molar refractivity (Wildman–Crippen MR) is 100 cm³/mol. The van der Waals surface area contributed by atoms with Crippen LogP contribution >= 0.6 is 11.9 Å². The van der Waals surface area contributed by atoms with Crippen LogP contribution in [0.5, 0.6) is 0 Å². The maximum absolute atomic E-state index is 13.6. The minimum Gasteiger partial charge on any atom is -0.379 e. The highest BCUT2D eigenvalue weighted by atomic mass is 32.2. The van der Waals surface area contributed by atoms with Gasteiger partial charge in [-0.05, 0) is 67.7 Å². The van der Waals surface area contributed by atoms with Gasteiger partial charge in [0.15, 0.2) is 0 Å². The highest BCUT2D eigenvalue weighted by molar-refractivity contribution is 7.97. The molecule has 0 aromatic heterocycles. The monoisotopic (exact) mass is 375 g/mol. The Morgan fingerprint density at radius 3 is 2.62 bits per heavy atom. The van der Waals surface area contributed by atoms with Crippen molar-refractivity contribution in [2.24, 2.45) is 5.41 Å². The molecule has 3 aliphatic rings. The fraction of sp³-hybridized carbons (Fsp3) is 0.650. The average molecular weight is 376 g/mol. The number of ether oxygens (including phenoxy) is 1. The smallest absolute Gasteiger partial charge is 0.125 e. The fourth-order valence-electron chi connectivity index (χ4n) is 4.77. The number of hydrogen-bond donors (Lipinski definition) is 0. The summed E-state index contributed by atoms with van der Waals surface area (Å²) in [4.78, 5) is 3.46. The summed E-state index contributed by atoms with van der Waals surface area (Å²) >= 11 is 1.59. The molecule has 1 saturated carbocycles. The van der Waals surface area contributed by atoms with Crippen molar-refractivity contribution in [2.75, 3.05) is 39.4 Å². The molecular weight excluding hydrogens is 349 g/mol. The van der Waals surface area contributed by atoms with Gasteiger partial charge in [0.25, 0.3) is 0 Å². The molecule has 1 spiro atoms. The molecule has 0 bridgehead atoms. The Kier molecular flexibility index (Phi) is 5.51. The van der Waals surface area contributed by atoms with Gasteiger partial charge in [-0.25, -0.2) is 8.70 Å². The van der Waals surface area contributed by atoms with Gasteiger partial charge in [0.2, 0.25) is 0 Å². The number of piperidine rings is 1. The SMILES string of the molecule is N#Cc1cc(F)cc(SN2CCC3(CCC(N4CCOCC4)C3)CC2)c1. The van der Waals surface area contributed by atoms with Crippen molar-refractivity contribution in [3.05, 3.63) is 29.6 Å². The van der Waals surface area contributed by atoms with Crippen LogP contribution in [0.1, 0.15) is 37.7 Å². The molecule has 1 unspecified atom stereocenters. The van der Waals surface area contributed by atoms with Crippen LogP contribution in [0.25, 0.3) is 0 Å². The predicted octanol–water partition coefficient (Wildman–Crippen LogP) is 3.67. The molecule has 2 saturated heterocycles. The van der Waals surface area contributed by atoms with Gasteiger partial charge in [-0.2, -0.15) is 5.26 Å². The quantitative estimate of drug-likeness (QED) is 0.754. The van der Waals surface area contributed by atoms with Crippen LogP contribution in [0.15, 0.2) is 23.1 Å². The molecular formula is C20H26FN3OS. The van der Waals surface area contributed by atoms with Gasteiger partial charge >= 0.3 is 0 Å². The molecule has 1 aromatic rings. The second-order valence-electron chi connectivity index (χ2n) is 7.85. The lowest BCUT2D eigenvalue weighted by Crippen LogP contribution is -2.43. The first-order valence-electron chi connectivity index (χ1n) is 9.61. The summed E-state index contributed by atoms with van der Waals surface area (Å²) < 4.78 is 21.5. The van der Waals surface area contributed by atoms with E-state index in [1.165, 1.54) is 44.2 Å². The molecule has 26 heavy (non-hydrogen) atoms. The maximum atomic E-state index is 13.6. The number of nitrogens with zero attached hydrogens (tertiary/aromatic N) is 3. The van der Waals surface area contributed by atoms with Crippen molar-refractivity contribution >= 4 is 11.9 Å². The largest absolute Gasteiger partial charge is 0.379 e. The first kappa shape index (κ1) is 18.2. The van der Waals surface area contributed by atoms with E-state index in [1.54, 1.807) is 18.0 Å². The maximum Gasteiger partial charge on any atom is 0.125 e. The number of morpholine rings is 1. The first-order valence-corrected chi connectivity index (χ1v) is 10.4. The fourth-order valence-corrected chi connectivity index (χ4v) is 5.77. The van der Waals surface area contributed by atoms with Gasteiger partial charge in [-0.15, -0.1) is 0 Å². The third-order valence-corrected chi connectivity index (χ3v) is 7.33. The van der Waals surface area contributed by atoms with E-state index in [-0.39, 0.29) is 5.82 Å². The summed E-state index contributed by atoms with van der Waals surface area (Å²) in [5.74, 6) is -0.329. The van der Waals surface area contributed by atoms with E-state index in [0.29, 0.717) is 11.0 Å². The molecule has 1 aromatic carbocycles. The van der Waals surface area contributed by atoms with E-state index >= 15 is 0 Å². The molecule has 0 radical (unpaired) electrons. The van der Waals surface area contributed by atoms with E-state index in [2.05, 4.69) is 9.21 Å². The van der Waals surface area contributed by atoms with Crippen LogP contribution < -0.4 is 0 Å². The molecule has 1 atom stereocenters. The lowest BCUT2D eigenvalue weighted by molar-refractivity contribution is 0.0138. The number of benzene rings is 1. The van der Waals surface area contributed by atoms with E-state index < -0.39 is 0 Å². The van der Waals surface area contributed by atoms with Crippen LogP contribution in [0.2, 0.25) is 0 Å². The van der Waals surface area contributed by atoms with Crippen molar-refractivity contribution in [2.45, 2.75) is 43.0 Å². The van der Waals surface area contributed by atoms with Crippen molar-refractivity contribution in [1.82, 2.24) is 9.21 Å². The van der Waals surface area contributed by atoms with E-state index in [9.17, 15) is 4.39 Å². The third-order valence-electron chi connectivity index (χ3n) is 6.26. The molecule has 6 heteroatoms. The Balaban J connectivity index is 1.32. The lowest BCUT2D eigenvalue weighted by atomic mass is 9.77. The Hall–Kier alpha value is -1.13. The molecule has 0 N–H and O–H groups in total. The van der Waals surface area contributed by atoms with Crippen LogP contribution in [0, 0.1) is 22.6 Å². The summed E-state index contributed by atoms with van der Waals surface area (Å²) in [6.45, 7) is 6.02. The standard InChI is InChI=1S/C20H26FN3OS/c21-17-11-16(15-22)12-19(13-17)26-24-5-3-20(4-6-24)2-1-18(14-20)23-7-9-25-10-8-23/h11-13,18H,1-10,14H2. The second kappa shape index (κ2) is 7.85. The highest BCUT2D eigenvalue weighted by Gasteiger charge is 2.43. The van der Waals surface area contributed by atoms with Crippen LogP contribution in [0.3, 0.4) is 0 Å². The van der Waals surface area contributed by atoms with E-state index in [1.807, 2.05) is 6.07 Å². The van der Waals surface area contributed by atoms with Gasteiger partial charge in [0.1, 0.15) is 5.82 Å². The molecule has 3 fully saturated rings. The molecule has 140 valence electrons. The molecule has 1 aliphatic carbocycles. The topological polar surface area (TPSA) is 39.5 Å². The summed E-state index contributed by atoms with van der Waals surface area (Å²) in [6.07, 6.45) is 6.43. The summed E-state index contributed by atoms with van der Waals surface area (Å²) in [6, 6.07) is 7.37. The first-order chi connectivity index (χ1) is 12.7. The second-order valence-corrected chi connectivity index (χ2v) is 9.02. The summed E-state index contributed by atoms with van der Waals surface area (Å²) in [7, 11) is 0. The van der Waals surface area contributed by atoms with Crippen LogP contribution in [-0.2, 0) is 4.74 Å². The molecule has 0 amide bonds. The summed E-state index contributed by atoms with van der Waals surface area (Å²) in [5, 5.41) is 9.01. The number of rotatable bonds is 3. The lowest BCUT2D eigenvalue weighted by Gasteiger charge is -2.40. The number of halogens is 1. The van der Waals surface area contributed by atoms with Gasteiger partial charge in [0.05, 0.1) is 24.8 Å². The van der Waals surface area contributed by atoms with Crippen LogP contribution in [-0.4, -0.2) is 54.6 Å². The van der Waals surface area contributed by atoms with E-state index in [4.69, 9.17) is 10.00 Å². The summed E-state index contributed by atoms with van der Waals surface area (Å²) in [5.41, 5.74) is 0.893. The molecule has 2 aliphatic heterocycles. The van der Waals surface area contributed by atoms with Crippen molar-refractivity contribution in [1.29, 1.82) is 5.26 Å². The molecule has 2 heterocycles. The number of hydrogen-bond acceptors (Lipinski definition) is 5. The van der Waals surface area contributed by atoms with Crippen LogP contribution in [0.4, 0.5) is 4.39 Å². The third kappa shape index (κ3) is 4.07. The Morgan fingerprint density at radius 2 is 1.88 bits per heavy atom. The minimum atomic E-state index is -0.329. The Labute approximate surface area is 159 Å². The zero-order valence-electron chi connectivity index (χ0n) is 15.1. The van der Waals surface area contributed by atoms with Gasteiger partial charge < -0.3 is 4.74 Å². The zero-order chi connectivity index (χ0) is 18.0. The van der Waals surface area contributed by atoms with Gasteiger partial charge in [0, 0.05) is 37.1 Å². The zero-order valence-corrected chi connectivity index (χ0v) is 15.9. The minimum absolute atomic E-state index is 0.329. The molecule has 4 rings (SSSR count). The average Bonchev–Trinajstić information content (AvgIpc) is 3.08. The number of nitriles is 1.